The maximum Gasteiger partial charge on any atom is 0.142 e. The minimum atomic E-state index is 0.651. The molecule has 0 aliphatic rings. The Kier molecular flexibility index (Phi) is 3.93. The fourth-order valence-corrected chi connectivity index (χ4v) is 3.13. The second-order valence-electron chi connectivity index (χ2n) is 4.88. The summed E-state index contributed by atoms with van der Waals surface area (Å²) in [6.07, 6.45) is 1.04. The standard InChI is InChI=1S/C17H14IN3/c1-2-9-21-16-8-7-12(11-19)10-15(16)20-17(21)13-5-3-4-6-14(13)18/h3-8,10H,2,9H2,1H3. The van der Waals surface area contributed by atoms with Crippen molar-refractivity contribution in [3.8, 4) is 17.5 Å². The van der Waals surface area contributed by atoms with Crippen molar-refractivity contribution in [1.82, 2.24) is 9.55 Å². The lowest BCUT2D eigenvalue weighted by Crippen LogP contribution is -2.00. The highest BCUT2D eigenvalue weighted by atomic mass is 127. The lowest BCUT2D eigenvalue weighted by molar-refractivity contribution is 0.704. The summed E-state index contributed by atoms with van der Waals surface area (Å²) in [5.41, 5.74) is 3.77. The van der Waals surface area contributed by atoms with Crippen molar-refractivity contribution < 1.29 is 0 Å². The van der Waals surface area contributed by atoms with Crippen LogP contribution in [0.25, 0.3) is 22.4 Å². The summed E-state index contributed by atoms with van der Waals surface area (Å²) in [7, 11) is 0. The zero-order valence-corrected chi connectivity index (χ0v) is 13.8. The highest BCUT2D eigenvalue weighted by molar-refractivity contribution is 14.1. The van der Waals surface area contributed by atoms with E-state index in [0.29, 0.717) is 5.56 Å². The second kappa shape index (κ2) is 5.86. The number of nitriles is 1. The predicted octanol–water partition coefficient (Wildman–Crippen LogP) is 4.59. The third-order valence-electron chi connectivity index (χ3n) is 3.44. The van der Waals surface area contributed by atoms with Gasteiger partial charge < -0.3 is 4.57 Å². The molecular formula is C17H14IN3. The molecule has 0 saturated heterocycles. The van der Waals surface area contributed by atoms with E-state index in [-0.39, 0.29) is 0 Å². The molecule has 0 bridgehead atoms. The molecule has 0 N–H and O–H groups in total. The van der Waals surface area contributed by atoms with Gasteiger partial charge in [-0.25, -0.2) is 4.98 Å². The van der Waals surface area contributed by atoms with Crippen molar-refractivity contribution in [2.24, 2.45) is 0 Å². The quantitative estimate of drug-likeness (QED) is 0.617. The lowest BCUT2D eigenvalue weighted by atomic mass is 10.2. The molecule has 1 heterocycles. The van der Waals surface area contributed by atoms with Crippen LogP contribution in [-0.2, 0) is 6.54 Å². The number of aryl methyl sites for hydroxylation is 1. The number of fused-ring (bicyclic) bond motifs is 1. The first kappa shape index (κ1) is 14.1. The van der Waals surface area contributed by atoms with Crippen LogP contribution in [0.5, 0.6) is 0 Å². The van der Waals surface area contributed by atoms with Gasteiger partial charge >= 0.3 is 0 Å². The van der Waals surface area contributed by atoms with Crippen LogP contribution < -0.4 is 0 Å². The molecule has 0 atom stereocenters. The second-order valence-corrected chi connectivity index (χ2v) is 6.04. The Morgan fingerprint density at radius 3 is 2.76 bits per heavy atom. The molecule has 21 heavy (non-hydrogen) atoms. The van der Waals surface area contributed by atoms with Crippen molar-refractivity contribution in [3.05, 3.63) is 51.6 Å². The topological polar surface area (TPSA) is 41.6 Å². The number of hydrogen-bond acceptors (Lipinski definition) is 2. The fraction of sp³-hybridized carbons (Fsp3) is 0.176. The van der Waals surface area contributed by atoms with Gasteiger partial charge in [0, 0.05) is 15.7 Å². The maximum atomic E-state index is 9.05. The zero-order chi connectivity index (χ0) is 14.8. The number of imidazole rings is 1. The van der Waals surface area contributed by atoms with Gasteiger partial charge in [0.2, 0.25) is 0 Å². The summed E-state index contributed by atoms with van der Waals surface area (Å²) in [6.45, 7) is 3.08. The molecule has 0 aliphatic carbocycles. The molecule has 3 rings (SSSR count). The Morgan fingerprint density at radius 2 is 2.05 bits per heavy atom. The van der Waals surface area contributed by atoms with Crippen LogP contribution in [0.2, 0.25) is 0 Å². The minimum Gasteiger partial charge on any atom is -0.324 e. The summed E-state index contributed by atoms with van der Waals surface area (Å²) in [4.78, 5) is 4.78. The molecule has 0 unspecified atom stereocenters. The summed E-state index contributed by atoms with van der Waals surface area (Å²) >= 11 is 2.34. The summed E-state index contributed by atoms with van der Waals surface area (Å²) in [6, 6.07) is 16.2. The summed E-state index contributed by atoms with van der Waals surface area (Å²) in [5.74, 6) is 0.979. The van der Waals surface area contributed by atoms with Crippen LogP contribution in [0.15, 0.2) is 42.5 Å². The molecule has 0 aliphatic heterocycles. The molecule has 104 valence electrons. The van der Waals surface area contributed by atoms with E-state index in [1.807, 2.05) is 30.3 Å². The fourth-order valence-electron chi connectivity index (χ4n) is 2.50. The molecule has 0 amide bonds. The largest absolute Gasteiger partial charge is 0.324 e. The van der Waals surface area contributed by atoms with Crippen molar-refractivity contribution in [2.45, 2.75) is 19.9 Å². The van der Waals surface area contributed by atoms with E-state index in [0.717, 1.165) is 35.4 Å². The number of nitrogens with zero attached hydrogens (tertiary/aromatic N) is 3. The number of aromatic nitrogens is 2. The van der Waals surface area contributed by atoms with Crippen LogP contribution in [-0.4, -0.2) is 9.55 Å². The normalized spacial score (nSPS) is 10.7. The molecular weight excluding hydrogens is 373 g/mol. The molecule has 3 aromatic rings. The van der Waals surface area contributed by atoms with Crippen molar-refractivity contribution in [1.29, 1.82) is 5.26 Å². The Hall–Kier alpha value is -1.87. The highest BCUT2D eigenvalue weighted by Gasteiger charge is 2.14. The van der Waals surface area contributed by atoms with E-state index in [1.54, 1.807) is 0 Å². The van der Waals surface area contributed by atoms with Crippen LogP contribution in [0.3, 0.4) is 0 Å². The molecule has 2 aromatic carbocycles. The lowest BCUT2D eigenvalue weighted by Gasteiger charge is -2.09. The molecule has 0 fully saturated rings. The van der Waals surface area contributed by atoms with Crippen molar-refractivity contribution >= 4 is 33.6 Å². The van der Waals surface area contributed by atoms with E-state index in [1.165, 1.54) is 3.57 Å². The van der Waals surface area contributed by atoms with Crippen LogP contribution in [0.4, 0.5) is 0 Å². The van der Waals surface area contributed by atoms with E-state index in [4.69, 9.17) is 10.2 Å². The smallest absolute Gasteiger partial charge is 0.142 e. The van der Waals surface area contributed by atoms with E-state index in [2.05, 4.69) is 52.3 Å². The number of benzene rings is 2. The first-order chi connectivity index (χ1) is 10.2. The minimum absolute atomic E-state index is 0.651. The Balaban J connectivity index is 2.29. The first-order valence-electron chi connectivity index (χ1n) is 6.90. The third-order valence-corrected chi connectivity index (χ3v) is 4.38. The molecule has 0 radical (unpaired) electrons. The van der Waals surface area contributed by atoms with Crippen molar-refractivity contribution in [2.75, 3.05) is 0 Å². The van der Waals surface area contributed by atoms with E-state index in [9.17, 15) is 0 Å². The average molecular weight is 387 g/mol. The van der Waals surface area contributed by atoms with Gasteiger partial charge in [-0.2, -0.15) is 5.26 Å². The van der Waals surface area contributed by atoms with Gasteiger partial charge in [0.25, 0.3) is 0 Å². The Morgan fingerprint density at radius 1 is 1.24 bits per heavy atom. The summed E-state index contributed by atoms with van der Waals surface area (Å²) < 4.78 is 3.43. The number of hydrogen-bond donors (Lipinski definition) is 0. The van der Waals surface area contributed by atoms with Gasteiger partial charge in [-0.3, -0.25) is 0 Å². The zero-order valence-electron chi connectivity index (χ0n) is 11.7. The van der Waals surface area contributed by atoms with Crippen LogP contribution >= 0.6 is 22.6 Å². The number of rotatable bonds is 3. The maximum absolute atomic E-state index is 9.05. The Labute approximate surface area is 137 Å². The average Bonchev–Trinajstić information content (AvgIpc) is 2.86. The van der Waals surface area contributed by atoms with Gasteiger partial charge in [0.1, 0.15) is 5.82 Å². The molecule has 3 nitrogen and oxygen atoms in total. The SMILES string of the molecule is CCCn1c(-c2ccccc2I)nc2cc(C#N)ccc21. The highest BCUT2D eigenvalue weighted by Crippen LogP contribution is 2.29. The summed E-state index contributed by atoms with van der Waals surface area (Å²) in [5, 5.41) is 9.05. The molecule has 0 spiro atoms. The van der Waals surface area contributed by atoms with Gasteiger partial charge in [-0.05, 0) is 53.3 Å². The van der Waals surface area contributed by atoms with Gasteiger partial charge in [0.15, 0.2) is 0 Å². The van der Waals surface area contributed by atoms with E-state index >= 15 is 0 Å². The molecule has 1 aromatic heterocycles. The van der Waals surface area contributed by atoms with Gasteiger partial charge in [-0.1, -0.05) is 25.1 Å². The predicted molar refractivity (Wildman–Crippen MR) is 92.9 cm³/mol. The molecule has 0 saturated carbocycles. The van der Waals surface area contributed by atoms with Gasteiger partial charge in [-0.15, -0.1) is 0 Å². The number of halogens is 1. The van der Waals surface area contributed by atoms with Crippen LogP contribution in [0, 0.1) is 14.9 Å². The van der Waals surface area contributed by atoms with Gasteiger partial charge in [0.05, 0.1) is 22.7 Å². The third kappa shape index (κ3) is 2.54. The first-order valence-corrected chi connectivity index (χ1v) is 7.97. The van der Waals surface area contributed by atoms with Crippen molar-refractivity contribution in [3.63, 3.8) is 0 Å². The molecule has 4 heteroatoms. The monoisotopic (exact) mass is 387 g/mol. The van der Waals surface area contributed by atoms with E-state index < -0.39 is 0 Å². The van der Waals surface area contributed by atoms with Crippen LogP contribution in [0.1, 0.15) is 18.9 Å². The Bertz CT molecular complexity index is 843.